The Hall–Kier alpha value is -3.63. The minimum Gasteiger partial charge on any atom is -0.488 e. The molecule has 0 unspecified atom stereocenters. The van der Waals surface area contributed by atoms with Crippen LogP contribution >= 0.6 is 11.3 Å². The maximum Gasteiger partial charge on any atom is 0.340 e. The first kappa shape index (κ1) is 20.6. The lowest BCUT2D eigenvalue weighted by Crippen LogP contribution is -2.24. The lowest BCUT2D eigenvalue weighted by molar-refractivity contribution is 0.252. The number of nitriles is 1. The number of nitrogens with one attached hydrogen (secondary N) is 2. The van der Waals surface area contributed by atoms with Crippen molar-refractivity contribution in [1.29, 1.82) is 5.26 Å². The number of para-hydroxylation sites is 1. The Balaban J connectivity index is 1.37. The van der Waals surface area contributed by atoms with Crippen LogP contribution in [0.1, 0.15) is 40.0 Å². The molecule has 0 spiro atoms. The van der Waals surface area contributed by atoms with E-state index in [2.05, 4.69) is 21.9 Å². The molecule has 2 aromatic carbocycles. The Morgan fingerprint density at radius 1 is 1.13 bits per heavy atom. The van der Waals surface area contributed by atoms with Crippen LogP contribution in [0.4, 0.5) is 9.80 Å². The molecule has 0 bridgehead atoms. The van der Waals surface area contributed by atoms with Crippen LogP contribution in [0.3, 0.4) is 0 Å². The maximum atomic E-state index is 12.3. The molecule has 156 valence electrons. The Labute approximate surface area is 185 Å². The normalized spacial score (nSPS) is 12.7. The smallest absolute Gasteiger partial charge is 0.340 e. The van der Waals surface area contributed by atoms with Crippen molar-refractivity contribution in [3.8, 4) is 11.8 Å². The fourth-order valence-corrected chi connectivity index (χ4v) is 4.75. The quantitative estimate of drug-likeness (QED) is 0.414. The Morgan fingerprint density at radius 3 is 2.74 bits per heavy atom. The molecule has 6 nitrogen and oxygen atoms in total. The number of carbonyl (C=O) groups excluding carboxylic acids is 1. The molecule has 0 radical (unpaired) electrons. The van der Waals surface area contributed by atoms with Gasteiger partial charge in [-0.05, 0) is 48.9 Å². The summed E-state index contributed by atoms with van der Waals surface area (Å²) in [6, 6.07) is 19.2. The highest BCUT2D eigenvalue weighted by molar-refractivity contribution is 7.16. The number of hydrogen-bond acceptors (Lipinski definition) is 5. The van der Waals surface area contributed by atoms with Crippen molar-refractivity contribution >= 4 is 28.6 Å². The van der Waals surface area contributed by atoms with E-state index in [-0.39, 0.29) is 0 Å². The van der Waals surface area contributed by atoms with E-state index >= 15 is 0 Å². The lowest BCUT2D eigenvalue weighted by Gasteiger charge is -2.09. The molecule has 2 N–H and O–H groups in total. The number of anilines is 1. The van der Waals surface area contributed by atoms with Crippen LogP contribution in [0.25, 0.3) is 0 Å². The van der Waals surface area contributed by atoms with Gasteiger partial charge in [0.25, 0.3) is 0 Å². The zero-order valence-corrected chi connectivity index (χ0v) is 17.7. The van der Waals surface area contributed by atoms with Crippen molar-refractivity contribution in [3.05, 3.63) is 81.7 Å². The number of hydrazone groups is 1. The summed E-state index contributed by atoms with van der Waals surface area (Å²) in [4.78, 5) is 13.5. The maximum absolute atomic E-state index is 12.3. The van der Waals surface area contributed by atoms with E-state index in [0.717, 1.165) is 42.4 Å². The summed E-state index contributed by atoms with van der Waals surface area (Å²) in [6.45, 7) is 0.444. The second-order valence-electron chi connectivity index (χ2n) is 7.16. The number of aryl methyl sites for hydroxylation is 1. The van der Waals surface area contributed by atoms with Gasteiger partial charge in [-0.3, -0.25) is 5.32 Å². The SMILES string of the molecule is N#Cc1c(NC(=O)N/N=C/c2ccccc2OCc2ccccc2)sc2c1CCCC2. The minimum atomic E-state index is -0.478. The zero-order chi connectivity index (χ0) is 21.5. The molecule has 1 heterocycles. The standard InChI is InChI=1S/C24H22N4O2S/c25-14-20-19-11-5-7-13-22(19)31-23(20)27-24(29)28-26-15-18-10-4-6-12-21(18)30-16-17-8-2-1-3-9-17/h1-4,6,8-10,12,15H,5,7,11,13,16H2,(H2,27,28,29)/b26-15+. The minimum absolute atomic E-state index is 0.444. The largest absolute Gasteiger partial charge is 0.488 e. The van der Waals surface area contributed by atoms with Gasteiger partial charge in [-0.1, -0.05) is 42.5 Å². The third kappa shape index (κ3) is 5.11. The summed E-state index contributed by atoms with van der Waals surface area (Å²) < 4.78 is 5.90. The van der Waals surface area contributed by atoms with Crippen molar-refractivity contribution in [1.82, 2.24) is 5.43 Å². The predicted octanol–water partition coefficient (Wildman–Crippen LogP) is 5.23. The molecule has 1 aliphatic carbocycles. The molecule has 0 atom stereocenters. The number of carbonyl (C=O) groups is 1. The topological polar surface area (TPSA) is 86.5 Å². The Kier molecular flexibility index (Phi) is 6.60. The molecule has 31 heavy (non-hydrogen) atoms. The highest BCUT2D eigenvalue weighted by atomic mass is 32.1. The molecule has 1 aromatic heterocycles. The molecule has 0 aliphatic heterocycles. The molecule has 2 amide bonds. The van der Waals surface area contributed by atoms with Crippen LogP contribution in [0, 0.1) is 11.3 Å². The number of urea groups is 1. The first-order valence-corrected chi connectivity index (χ1v) is 11.0. The van der Waals surface area contributed by atoms with E-state index < -0.39 is 6.03 Å². The van der Waals surface area contributed by atoms with Crippen molar-refractivity contribution in [2.24, 2.45) is 5.10 Å². The molecule has 7 heteroatoms. The molecular weight excluding hydrogens is 408 g/mol. The highest BCUT2D eigenvalue weighted by Gasteiger charge is 2.21. The summed E-state index contributed by atoms with van der Waals surface area (Å²) in [5.74, 6) is 0.676. The molecule has 0 fully saturated rings. The number of benzene rings is 2. The van der Waals surface area contributed by atoms with Crippen LogP contribution in [0.15, 0.2) is 59.7 Å². The summed E-state index contributed by atoms with van der Waals surface area (Å²) >= 11 is 1.49. The van der Waals surface area contributed by atoms with Gasteiger partial charge in [0.05, 0.1) is 11.8 Å². The molecular formula is C24H22N4O2S. The average Bonchev–Trinajstić information content (AvgIpc) is 3.16. The van der Waals surface area contributed by atoms with Gasteiger partial charge in [0.2, 0.25) is 0 Å². The first-order valence-electron chi connectivity index (χ1n) is 10.1. The predicted molar refractivity (Wildman–Crippen MR) is 123 cm³/mol. The lowest BCUT2D eigenvalue weighted by atomic mass is 9.96. The van der Waals surface area contributed by atoms with Gasteiger partial charge in [-0.15, -0.1) is 11.3 Å². The van der Waals surface area contributed by atoms with E-state index in [9.17, 15) is 10.1 Å². The average molecular weight is 431 g/mol. The molecule has 4 rings (SSSR count). The number of hydrogen-bond donors (Lipinski definition) is 2. The monoisotopic (exact) mass is 430 g/mol. The fourth-order valence-electron chi connectivity index (χ4n) is 3.52. The van der Waals surface area contributed by atoms with Gasteiger partial charge in [0.15, 0.2) is 0 Å². The van der Waals surface area contributed by atoms with Crippen LogP contribution in [-0.4, -0.2) is 12.2 Å². The van der Waals surface area contributed by atoms with Crippen LogP contribution in [0.5, 0.6) is 5.75 Å². The van der Waals surface area contributed by atoms with Gasteiger partial charge in [-0.25, -0.2) is 10.2 Å². The first-order chi connectivity index (χ1) is 15.2. The van der Waals surface area contributed by atoms with Crippen molar-refractivity contribution in [2.45, 2.75) is 32.3 Å². The number of amides is 2. The highest BCUT2D eigenvalue weighted by Crippen LogP contribution is 2.37. The van der Waals surface area contributed by atoms with Gasteiger partial charge >= 0.3 is 6.03 Å². The number of fused-ring (bicyclic) bond motifs is 1. The summed E-state index contributed by atoms with van der Waals surface area (Å²) in [5, 5.41) is 16.9. The number of rotatable bonds is 6. The third-order valence-corrected chi connectivity index (χ3v) is 6.24. The van der Waals surface area contributed by atoms with E-state index in [1.165, 1.54) is 16.2 Å². The van der Waals surface area contributed by atoms with Crippen molar-refractivity contribution in [3.63, 3.8) is 0 Å². The van der Waals surface area contributed by atoms with Crippen LogP contribution in [0.2, 0.25) is 0 Å². The van der Waals surface area contributed by atoms with E-state index in [4.69, 9.17) is 4.74 Å². The number of nitrogens with zero attached hydrogens (tertiary/aromatic N) is 2. The van der Waals surface area contributed by atoms with Gasteiger partial charge in [0, 0.05) is 10.4 Å². The third-order valence-electron chi connectivity index (χ3n) is 5.04. The number of ether oxygens (including phenoxy) is 1. The Morgan fingerprint density at radius 2 is 1.90 bits per heavy atom. The second kappa shape index (κ2) is 9.92. The molecule has 0 saturated heterocycles. The van der Waals surface area contributed by atoms with Crippen LogP contribution in [-0.2, 0) is 19.4 Å². The summed E-state index contributed by atoms with van der Waals surface area (Å²) in [6.07, 6.45) is 5.62. The molecule has 0 saturated carbocycles. The fraction of sp³-hybridized carbons (Fsp3) is 0.208. The van der Waals surface area contributed by atoms with E-state index in [0.29, 0.717) is 22.9 Å². The zero-order valence-electron chi connectivity index (χ0n) is 16.9. The molecule has 3 aromatic rings. The van der Waals surface area contributed by atoms with E-state index in [1.807, 2.05) is 54.6 Å². The number of thiophene rings is 1. The van der Waals surface area contributed by atoms with Crippen molar-refractivity contribution < 1.29 is 9.53 Å². The van der Waals surface area contributed by atoms with Gasteiger partial charge in [0.1, 0.15) is 23.4 Å². The van der Waals surface area contributed by atoms with Gasteiger partial charge in [-0.2, -0.15) is 10.4 Å². The second-order valence-corrected chi connectivity index (χ2v) is 8.27. The van der Waals surface area contributed by atoms with E-state index in [1.54, 1.807) is 6.21 Å². The summed E-state index contributed by atoms with van der Waals surface area (Å²) in [5.41, 5.74) is 5.96. The van der Waals surface area contributed by atoms with Gasteiger partial charge < -0.3 is 4.74 Å². The van der Waals surface area contributed by atoms with Crippen LogP contribution < -0.4 is 15.5 Å². The summed E-state index contributed by atoms with van der Waals surface area (Å²) in [7, 11) is 0. The van der Waals surface area contributed by atoms with Crippen molar-refractivity contribution in [2.75, 3.05) is 5.32 Å². The Bertz CT molecular complexity index is 1130. The molecule has 1 aliphatic rings.